The van der Waals surface area contributed by atoms with Gasteiger partial charge in [0.2, 0.25) is 0 Å². The third-order valence-electron chi connectivity index (χ3n) is 2.30. The first-order valence-corrected chi connectivity index (χ1v) is 6.96. The van der Waals surface area contributed by atoms with E-state index in [1.54, 1.807) is 13.0 Å². The summed E-state index contributed by atoms with van der Waals surface area (Å²) >= 11 is 1.18. The Hall–Kier alpha value is -1.56. The minimum atomic E-state index is -0.998. The van der Waals surface area contributed by atoms with Crippen molar-refractivity contribution >= 4 is 23.7 Å². The minimum Gasteiger partial charge on any atom is -0.478 e. The molecule has 1 heterocycles. The van der Waals surface area contributed by atoms with E-state index in [2.05, 4.69) is 4.98 Å². The molecule has 0 aliphatic carbocycles. The molecule has 0 aliphatic heterocycles. The van der Waals surface area contributed by atoms with Crippen molar-refractivity contribution in [3.05, 3.63) is 23.4 Å². The number of carbonyl (C=O) groups excluding carboxylic acids is 1. The first-order chi connectivity index (χ1) is 8.93. The second-order valence-corrected chi connectivity index (χ2v) is 5.17. The van der Waals surface area contributed by atoms with E-state index in [4.69, 9.17) is 9.84 Å². The van der Waals surface area contributed by atoms with E-state index < -0.39 is 5.97 Å². The van der Waals surface area contributed by atoms with Crippen molar-refractivity contribution in [2.45, 2.75) is 31.7 Å². The maximum Gasteiger partial charge on any atom is 0.335 e. The summed E-state index contributed by atoms with van der Waals surface area (Å²) < 4.78 is 4.82. The average molecular weight is 283 g/mol. The van der Waals surface area contributed by atoms with Gasteiger partial charge in [-0.25, -0.2) is 9.78 Å². The molecule has 104 valence electrons. The third-order valence-corrected chi connectivity index (χ3v) is 3.19. The summed E-state index contributed by atoms with van der Waals surface area (Å²) in [6.45, 7) is 5.95. The van der Waals surface area contributed by atoms with Crippen molar-refractivity contribution < 1.29 is 19.4 Å². The lowest BCUT2D eigenvalue weighted by atomic mass is 10.1. The molecule has 19 heavy (non-hydrogen) atoms. The number of ether oxygens (including phenoxy) is 1. The standard InChI is InChI=1S/C13H17NO4S/c1-4-18-12(15)7-19-11-6-9(13(16)17)5-10(14-11)8(2)3/h5-6,8H,4,7H2,1-3H3,(H,16,17). The van der Waals surface area contributed by atoms with E-state index in [1.165, 1.54) is 17.8 Å². The normalized spacial score (nSPS) is 10.5. The first kappa shape index (κ1) is 15.5. The van der Waals surface area contributed by atoms with Gasteiger partial charge in [0.25, 0.3) is 0 Å². The van der Waals surface area contributed by atoms with E-state index in [0.29, 0.717) is 17.3 Å². The Kier molecular flexibility index (Phi) is 5.82. The number of carboxylic acids is 1. The summed E-state index contributed by atoms with van der Waals surface area (Å²) in [6, 6.07) is 3.03. The van der Waals surface area contributed by atoms with Crippen LogP contribution in [0.1, 0.15) is 42.7 Å². The zero-order chi connectivity index (χ0) is 14.4. The molecule has 0 fully saturated rings. The zero-order valence-electron chi connectivity index (χ0n) is 11.2. The molecule has 1 aromatic rings. The molecular formula is C13H17NO4S. The number of pyridine rings is 1. The fourth-order valence-corrected chi connectivity index (χ4v) is 2.08. The van der Waals surface area contributed by atoms with Gasteiger partial charge in [-0.1, -0.05) is 25.6 Å². The van der Waals surface area contributed by atoms with Crippen molar-refractivity contribution in [2.24, 2.45) is 0 Å². The Morgan fingerprint density at radius 3 is 2.63 bits per heavy atom. The predicted molar refractivity (Wildman–Crippen MR) is 72.6 cm³/mol. The van der Waals surface area contributed by atoms with Gasteiger partial charge in [-0.3, -0.25) is 4.79 Å². The summed E-state index contributed by atoms with van der Waals surface area (Å²) in [5, 5.41) is 9.57. The number of hydrogen-bond donors (Lipinski definition) is 1. The van der Waals surface area contributed by atoms with Crippen LogP contribution in [0.2, 0.25) is 0 Å². The molecule has 0 unspecified atom stereocenters. The summed E-state index contributed by atoms with van der Waals surface area (Å²) in [4.78, 5) is 26.6. The molecule has 0 aliphatic rings. The van der Waals surface area contributed by atoms with Crippen LogP contribution in [-0.2, 0) is 9.53 Å². The second kappa shape index (κ2) is 7.13. The van der Waals surface area contributed by atoms with Crippen molar-refractivity contribution in [1.82, 2.24) is 4.98 Å². The summed E-state index contributed by atoms with van der Waals surface area (Å²) in [5.74, 6) is -1.08. The van der Waals surface area contributed by atoms with Crippen LogP contribution < -0.4 is 0 Å². The fraction of sp³-hybridized carbons (Fsp3) is 0.462. The van der Waals surface area contributed by atoms with Crippen LogP contribution in [0.4, 0.5) is 0 Å². The summed E-state index contributed by atoms with van der Waals surface area (Å²) in [6.07, 6.45) is 0. The molecule has 0 saturated heterocycles. The molecule has 0 radical (unpaired) electrons. The Morgan fingerprint density at radius 2 is 2.11 bits per heavy atom. The van der Waals surface area contributed by atoms with Crippen LogP contribution >= 0.6 is 11.8 Å². The molecule has 0 bridgehead atoms. The molecule has 0 spiro atoms. The van der Waals surface area contributed by atoms with Crippen LogP contribution in [0.25, 0.3) is 0 Å². The molecule has 0 amide bonds. The average Bonchev–Trinajstić information content (AvgIpc) is 2.36. The lowest BCUT2D eigenvalue weighted by molar-refractivity contribution is -0.139. The Morgan fingerprint density at radius 1 is 1.42 bits per heavy atom. The lowest BCUT2D eigenvalue weighted by Crippen LogP contribution is -2.08. The van der Waals surface area contributed by atoms with Gasteiger partial charge in [0.05, 0.1) is 22.9 Å². The highest BCUT2D eigenvalue weighted by molar-refractivity contribution is 7.99. The molecule has 0 aromatic carbocycles. The topological polar surface area (TPSA) is 76.5 Å². The molecule has 1 rings (SSSR count). The molecule has 1 N–H and O–H groups in total. The summed E-state index contributed by atoms with van der Waals surface area (Å²) in [5.41, 5.74) is 0.885. The molecule has 5 nitrogen and oxygen atoms in total. The van der Waals surface area contributed by atoms with Crippen LogP contribution in [0.15, 0.2) is 17.2 Å². The van der Waals surface area contributed by atoms with Crippen molar-refractivity contribution in [3.8, 4) is 0 Å². The number of aromatic nitrogens is 1. The number of rotatable bonds is 6. The number of esters is 1. The predicted octanol–water partition coefficient (Wildman–Crippen LogP) is 2.56. The van der Waals surface area contributed by atoms with E-state index in [-0.39, 0.29) is 23.2 Å². The highest BCUT2D eigenvalue weighted by Crippen LogP contribution is 2.22. The highest BCUT2D eigenvalue weighted by atomic mass is 32.2. The number of nitrogens with zero attached hydrogens (tertiary/aromatic N) is 1. The monoisotopic (exact) mass is 283 g/mol. The van der Waals surface area contributed by atoms with Crippen molar-refractivity contribution in [3.63, 3.8) is 0 Å². The Bertz CT molecular complexity index is 474. The Balaban J connectivity index is 2.87. The minimum absolute atomic E-state index is 0.126. The van der Waals surface area contributed by atoms with Gasteiger partial charge in [0, 0.05) is 5.69 Å². The van der Waals surface area contributed by atoms with Gasteiger partial charge in [-0.2, -0.15) is 0 Å². The van der Waals surface area contributed by atoms with E-state index in [9.17, 15) is 9.59 Å². The van der Waals surface area contributed by atoms with Gasteiger partial charge in [0.1, 0.15) is 0 Å². The lowest BCUT2D eigenvalue weighted by Gasteiger charge is -2.09. The van der Waals surface area contributed by atoms with Gasteiger partial charge in [-0.05, 0) is 25.0 Å². The van der Waals surface area contributed by atoms with E-state index in [0.717, 1.165) is 0 Å². The largest absolute Gasteiger partial charge is 0.478 e. The van der Waals surface area contributed by atoms with Gasteiger partial charge in [0.15, 0.2) is 0 Å². The quantitative estimate of drug-likeness (QED) is 0.638. The van der Waals surface area contributed by atoms with Crippen molar-refractivity contribution in [2.75, 3.05) is 12.4 Å². The molecule has 6 heteroatoms. The van der Waals surface area contributed by atoms with Crippen LogP contribution in [0, 0.1) is 0 Å². The summed E-state index contributed by atoms with van der Waals surface area (Å²) in [7, 11) is 0. The smallest absolute Gasteiger partial charge is 0.335 e. The van der Waals surface area contributed by atoms with Gasteiger partial charge < -0.3 is 9.84 Å². The Labute approximate surface area is 116 Å². The van der Waals surface area contributed by atoms with Gasteiger partial charge in [-0.15, -0.1) is 0 Å². The molecular weight excluding hydrogens is 266 g/mol. The van der Waals surface area contributed by atoms with Crippen LogP contribution in [-0.4, -0.2) is 34.4 Å². The van der Waals surface area contributed by atoms with Crippen LogP contribution in [0.3, 0.4) is 0 Å². The van der Waals surface area contributed by atoms with E-state index in [1.807, 2.05) is 13.8 Å². The number of hydrogen-bond acceptors (Lipinski definition) is 5. The number of carbonyl (C=O) groups is 2. The van der Waals surface area contributed by atoms with Crippen molar-refractivity contribution in [1.29, 1.82) is 0 Å². The maximum absolute atomic E-state index is 11.3. The van der Waals surface area contributed by atoms with Crippen LogP contribution in [0.5, 0.6) is 0 Å². The maximum atomic E-state index is 11.3. The van der Waals surface area contributed by atoms with E-state index >= 15 is 0 Å². The molecule has 0 atom stereocenters. The second-order valence-electron chi connectivity index (χ2n) is 4.17. The first-order valence-electron chi connectivity index (χ1n) is 5.97. The number of carboxylic acid groups (broad SMARTS) is 1. The molecule has 1 aromatic heterocycles. The molecule has 0 saturated carbocycles. The zero-order valence-corrected chi connectivity index (χ0v) is 12.0. The number of thioether (sulfide) groups is 1. The SMILES string of the molecule is CCOC(=O)CSc1cc(C(=O)O)cc(C(C)C)n1. The third kappa shape index (κ3) is 4.90. The number of aromatic carboxylic acids is 1. The fourth-order valence-electron chi connectivity index (χ4n) is 1.35. The highest BCUT2D eigenvalue weighted by Gasteiger charge is 2.12. The van der Waals surface area contributed by atoms with Gasteiger partial charge >= 0.3 is 11.9 Å².